The maximum Gasteiger partial charge on any atom is 0.150 e. The van der Waals surface area contributed by atoms with Gasteiger partial charge in [0, 0.05) is 19.3 Å². The van der Waals surface area contributed by atoms with Crippen LogP contribution in [0.1, 0.15) is 43.4 Å². The van der Waals surface area contributed by atoms with Crippen LogP contribution in [0.4, 0.5) is 0 Å². The number of nitrogens with one attached hydrogen (secondary N) is 1. The predicted octanol–water partition coefficient (Wildman–Crippen LogP) is 1.66. The number of nitrogens with zero attached hydrogens (tertiary/aromatic N) is 2. The van der Waals surface area contributed by atoms with Crippen molar-refractivity contribution in [2.45, 2.75) is 37.8 Å². The highest BCUT2D eigenvalue weighted by molar-refractivity contribution is 5.13. The Hall–Kier alpha value is -0.870. The smallest absolute Gasteiger partial charge is 0.150 e. The van der Waals surface area contributed by atoms with E-state index in [0.717, 1.165) is 32.5 Å². The van der Waals surface area contributed by atoms with E-state index in [4.69, 9.17) is 4.74 Å². The maximum atomic E-state index is 5.62. The first-order valence-corrected chi connectivity index (χ1v) is 6.30. The van der Waals surface area contributed by atoms with Gasteiger partial charge in [0.05, 0.1) is 6.20 Å². The molecular formula is C12H19N3O. The minimum atomic E-state index is 0.185. The molecule has 2 unspecified atom stereocenters. The zero-order valence-electron chi connectivity index (χ0n) is 9.56. The number of hydrogen-bond donors (Lipinski definition) is 1. The standard InChI is InChI=1S/C12H19N3O/c1-3-10(7-13-5-1)11-8-14-15(9-11)12-4-2-6-16-12/h8-10,12-13H,1-7H2. The van der Waals surface area contributed by atoms with E-state index in [1.54, 1.807) is 0 Å². The SMILES string of the molecule is c1nn(C2CCCO2)cc1C1CCCNC1. The summed E-state index contributed by atoms with van der Waals surface area (Å²) in [5.74, 6) is 0.643. The molecule has 0 aliphatic carbocycles. The van der Waals surface area contributed by atoms with Gasteiger partial charge >= 0.3 is 0 Å². The quantitative estimate of drug-likeness (QED) is 0.825. The molecule has 1 aromatic rings. The Kier molecular flexibility index (Phi) is 2.93. The fourth-order valence-corrected chi connectivity index (χ4v) is 2.63. The lowest BCUT2D eigenvalue weighted by molar-refractivity contribution is 0.0466. The third-order valence-electron chi connectivity index (χ3n) is 3.59. The van der Waals surface area contributed by atoms with Crippen LogP contribution >= 0.6 is 0 Å². The third kappa shape index (κ3) is 1.99. The Morgan fingerprint density at radius 2 is 2.38 bits per heavy atom. The van der Waals surface area contributed by atoms with Gasteiger partial charge in [-0.15, -0.1) is 0 Å². The van der Waals surface area contributed by atoms with Crippen LogP contribution in [0.25, 0.3) is 0 Å². The fourth-order valence-electron chi connectivity index (χ4n) is 2.63. The summed E-state index contributed by atoms with van der Waals surface area (Å²) in [5, 5.41) is 7.88. The average molecular weight is 221 g/mol. The molecule has 2 atom stereocenters. The molecule has 88 valence electrons. The van der Waals surface area contributed by atoms with Crippen LogP contribution < -0.4 is 5.32 Å². The van der Waals surface area contributed by atoms with Crippen molar-refractivity contribution in [3.8, 4) is 0 Å². The molecule has 2 aliphatic rings. The third-order valence-corrected chi connectivity index (χ3v) is 3.59. The summed E-state index contributed by atoms with van der Waals surface area (Å²) in [6.45, 7) is 3.14. The summed E-state index contributed by atoms with van der Waals surface area (Å²) in [5.41, 5.74) is 1.36. The van der Waals surface area contributed by atoms with Crippen LogP contribution in [-0.4, -0.2) is 29.5 Å². The molecule has 1 aromatic heterocycles. The van der Waals surface area contributed by atoms with Crippen molar-refractivity contribution in [3.63, 3.8) is 0 Å². The Balaban J connectivity index is 1.71. The highest BCUT2D eigenvalue weighted by Crippen LogP contribution is 2.26. The van der Waals surface area contributed by atoms with Crippen LogP contribution in [0.2, 0.25) is 0 Å². The molecule has 0 radical (unpaired) electrons. The monoisotopic (exact) mass is 221 g/mol. The second-order valence-corrected chi connectivity index (χ2v) is 4.76. The van der Waals surface area contributed by atoms with Crippen molar-refractivity contribution < 1.29 is 4.74 Å². The van der Waals surface area contributed by atoms with Crippen molar-refractivity contribution in [1.29, 1.82) is 0 Å². The van der Waals surface area contributed by atoms with E-state index in [-0.39, 0.29) is 6.23 Å². The van der Waals surface area contributed by atoms with Crippen LogP contribution in [0.3, 0.4) is 0 Å². The van der Waals surface area contributed by atoms with E-state index in [0.29, 0.717) is 5.92 Å². The molecule has 0 saturated carbocycles. The molecule has 4 heteroatoms. The number of ether oxygens (including phenoxy) is 1. The van der Waals surface area contributed by atoms with Gasteiger partial charge in [-0.3, -0.25) is 0 Å². The van der Waals surface area contributed by atoms with Crippen molar-refractivity contribution >= 4 is 0 Å². The molecule has 4 nitrogen and oxygen atoms in total. The van der Waals surface area contributed by atoms with Crippen LogP contribution in [-0.2, 0) is 4.74 Å². The molecule has 0 amide bonds. The molecule has 2 fully saturated rings. The lowest BCUT2D eigenvalue weighted by Crippen LogP contribution is -2.28. The Labute approximate surface area is 96.0 Å². The zero-order chi connectivity index (χ0) is 10.8. The summed E-state index contributed by atoms with van der Waals surface area (Å²) in [4.78, 5) is 0. The topological polar surface area (TPSA) is 39.1 Å². The molecule has 16 heavy (non-hydrogen) atoms. The minimum Gasteiger partial charge on any atom is -0.357 e. The minimum absolute atomic E-state index is 0.185. The Bertz CT molecular complexity index is 338. The molecule has 3 heterocycles. The van der Waals surface area contributed by atoms with E-state index >= 15 is 0 Å². The predicted molar refractivity (Wildman–Crippen MR) is 61.3 cm³/mol. The van der Waals surface area contributed by atoms with Gasteiger partial charge in [-0.1, -0.05) is 0 Å². The molecule has 0 bridgehead atoms. The molecule has 0 aromatic carbocycles. The lowest BCUT2D eigenvalue weighted by atomic mass is 9.94. The molecule has 1 N–H and O–H groups in total. The van der Waals surface area contributed by atoms with Crippen LogP contribution in [0, 0.1) is 0 Å². The average Bonchev–Trinajstić information content (AvgIpc) is 3.01. The second-order valence-electron chi connectivity index (χ2n) is 4.76. The highest BCUT2D eigenvalue weighted by atomic mass is 16.5. The van der Waals surface area contributed by atoms with Gasteiger partial charge in [0.1, 0.15) is 6.23 Å². The first-order chi connectivity index (χ1) is 7.93. The summed E-state index contributed by atoms with van der Waals surface area (Å²) >= 11 is 0. The Morgan fingerprint density at radius 3 is 3.12 bits per heavy atom. The van der Waals surface area contributed by atoms with E-state index in [2.05, 4.69) is 16.6 Å². The van der Waals surface area contributed by atoms with E-state index in [1.807, 2.05) is 10.9 Å². The molecule has 2 aliphatic heterocycles. The first-order valence-electron chi connectivity index (χ1n) is 6.30. The summed E-state index contributed by atoms with van der Waals surface area (Å²) in [7, 11) is 0. The lowest BCUT2D eigenvalue weighted by Gasteiger charge is -2.21. The number of hydrogen-bond acceptors (Lipinski definition) is 3. The van der Waals surface area contributed by atoms with Crippen molar-refractivity contribution in [1.82, 2.24) is 15.1 Å². The summed E-state index contributed by atoms with van der Waals surface area (Å²) in [6, 6.07) is 0. The molecule has 0 spiro atoms. The number of rotatable bonds is 2. The highest BCUT2D eigenvalue weighted by Gasteiger charge is 2.21. The summed E-state index contributed by atoms with van der Waals surface area (Å²) in [6.07, 6.45) is 9.19. The van der Waals surface area contributed by atoms with Gasteiger partial charge in [0.2, 0.25) is 0 Å². The van der Waals surface area contributed by atoms with Crippen molar-refractivity contribution in [2.75, 3.05) is 19.7 Å². The van der Waals surface area contributed by atoms with Crippen molar-refractivity contribution in [3.05, 3.63) is 18.0 Å². The van der Waals surface area contributed by atoms with Gasteiger partial charge < -0.3 is 10.1 Å². The fraction of sp³-hybridized carbons (Fsp3) is 0.750. The number of piperidine rings is 1. The van der Waals surface area contributed by atoms with Crippen molar-refractivity contribution in [2.24, 2.45) is 0 Å². The largest absolute Gasteiger partial charge is 0.357 e. The number of aromatic nitrogens is 2. The molecule has 3 rings (SSSR count). The van der Waals surface area contributed by atoms with Gasteiger partial charge in [-0.05, 0) is 43.7 Å². The van der Waals surface area contributed by atoms with E-state index < -0.39 is 0 Å². The first kappa shape index (κ1) is 10.3. The Morgan fingerprint density at radius 1 is 1.38 bits per heavy atom. The van der Waals surface area contributed by atoms with Gasteiger partial charge in [-0.25, -0.2) is 4.68 Å². The van der Waals surface area contributed by atoms with Gasteiger partial charge in [-0.2, -0.15) is 5.10 Å². The summed E-state index contributed by atoms with van der Waals surface area (Å²) < 4.78 is 7.62. The van der Waals surface area contributed by atoms with Gasteiger partial charge in [0.15, 0.2) is 0 Å². The normalized spacial score (nSPS) is 30.8. The molecular weight excluding hydrogens is 202 g/mol. The van der Waals surface area contributed by atoms with E-state index in [1.165, 1.54) is 18.4 Å². The second kappa shape index (κ2) is 4.55. The van der Waals surface area contributed by atoms with E-state index in [9.17, 15) is 0 Å². The van der Waals surface area contributed by atoms with Crippen LogP contribution in [0.15, 0.2) is 12.4 Å². The zero-order valence-corrected chi connectivity index (χ0v) is 9.56. The van der Waals surface area contributed by atoms with Crippen LogP contribution in [0.5, 0.6) is 0 Å². The maximum absolute atomic E-state index is 5.62. The van der Waals surface area contributed by atoms with Gasteiger partial charge in [0.25, 0.3) is 0 Å². The molecule has 2 saturated heterocycles.